The van der Waals surface area contributed by atoms with Gasteiger partial charge in [0.05, 0.1) is 27.1 Å². The van der Waals surface area contributed by atoms with Gasteiger partial charge in [-0.3, -0.25) is 0 Å². The zero-order chi connectivity index (χ0) is 17.8. The maximum absolute atomic E-state index is 5.37. The number of rotatable bonds is 7. The van der Waals surface area contributed by atoms with Gasteiger partial charge in [0.25, 0.3) is 4.84 Å². The second kappa shape index (κ2) is 7.85. The standard InChI is InChI=1S/C14H14N4O4S3/c1-19-8-4-7(5-9(20-2)11(8)21-3)12-16-18-14(25-12)24-6-10-15-17-13(23)22-10/h4-5H,6H2,1-3H3,(H,17,23). The van der Waals surface area contributed by atoms with E-state index in [-0.39, 0.29) is 4.84 Å². The predicted molar refractivity (Wildman–Crippen MR) is 96.2 cm³/mol. The summed E-state index contributed by atoms with van der Waals surface area (Å²) in [7, 11) is 4.71. The van der Waals surface area contributed by atoms with Crippen LogP contribution in [0.1, 0.15) is 5.89 Å². The van der Waals surface area contributed by atoms with Gasteiger partial charge < -0.3 is 18.6 Å². The fourth-order valence-corrected chi connectivity index (χ4v) is 3.86. The van der Waals surface area contributed by atoms with E-state index in [4.69, 9.17) is 30.8 Å². The molecule has 2 aromatic heterocycles. The molecule has 25 heavy (non-hydrogen) atoms. The van der Waals surface area contributed by atoms with Crippen LogP contribution in [-0.4, -0.2) is 41.7 Å². The molecular formula is C14H14N4O4S3. The monoisotopic (exact) mass is 398 g/mol. The van der Waals surface area contributed by atoms with E-state index in [9.17, 15) is 0 Å². The Morgan fingerprint density at radius 3 is 2.44 bits per heavy atom. The number of benzene rings is 1. The number of hydrogen-bond donors (Lipinski definition) is 1. The second-order valence-electron chi connectivity index (χ2n) is 4.58. The van der Waals surface area contributed by atoms with Crippen LogP contribution in [0, 0.1) is 4.84 Å². The van der Waals surface area contributed by atoms with Gasteiger partial charge in [-0.1, -0.05) is 23.1 Å². The van der Waals surface area contributed by atoms with Gasteiger partial charge in [-0.15, -0.1) is 15.3 Å². The molecule has 0 aliphatic rings. The van der Waals surface area contributed by atoms with Crippen molar-refractivity contribution in [2.75, 3.05) is 21.3 Å². The van der Waals surface area contributed by atoms with Gasteiger partial charge in [0.1, 0.15) is 5.01 Å². The lowest BCUT2D eigenvalue weighted by Gasteiger charge is -2.12. The average molecular weight is 398 g/mol. The number of ether oxygens (including phenoxy) is 3. The number of nitrogens with zero attached hydrogens (tertiary/aromatic N) is 3. The minimum atomic E-state index is 0.256. The van der Waals surface area contributed by atoms with E-state index in [0.29, 0.717) is 28.9 Å². The van der Waals surface area contributed by atoms with E-state index in [1.54, 1.807) is 21.3 Å². The molecule has 132 valence electrons. The average Bonchev–Trinajstić information content (AvgIpc) is 3.27. The molecule has 0 spiro atoms. The van der Waals surface area contributed by atoms with Crippen molar-refractivity contribution in [3.05, 3.63) is 22.9 Å². The van der Waals surface area contributed by atoms with Crippen LogP contribution in [0.25, 0.3) is 10.6 Å². The molecule has 3 aromatic rings. The molecule has 0 saturated carbocycles. The first-order valence-electron chi connectivity index (χ1n) is 6.95. The Bertz CT molecular complexity index is 896. The van der Waals surface area contributed by atoms with Crippen LogP contribution in [0.3, 0.4) is 0 Å². The van der Waals surface area contributed by atoms with E-state index in [1.165, 1.54) is 23.1 Å². The minimum Gasteiger partial charge on any atom is -0.493 e. The summed E-state index contributed by atoms with van der Waals surface area (Å²) < 4.78 is 22.1. The summed E-state index contributed by atoms with van der Waals surface area (Å²) in [4.78, 5) is 0.256. The number of aromatic nitrogens is 4. The zero-order valence-electron chi connectivity index (χ0n) is 13.6. The summed E-state index contributed by atoms with van der Waals surface area (Å²) in [5.74, 6) is 2.69. The Kier molecular flexibility index (Phi) is 5.56. The molecule has 0 radical (unpaired) electrons. The Morgan fingerprint density at radius 2 is 1.88 bits per heavy atom. The first-order chi connectivity index (χ1) is 12.1. The van der Waals surface area contributed by atoms with Crippen LogP contribution in [-0.2, 0) is 5.75 Å². The first-order valence-corrected chi connectivity index (χ1v) is 9.16. The summed E-state index contributed by atoms with van der Waals surface area (Å²) in [6.45, 7) is 0. The molecule has 0 aliphatic heterocycles. The molecule has 0 atom stereocenters. The zero-order valence-corrected chi connectivity index (χ0v) is 16.0. The smallest absolute Gasteiger partial charge is 0.284 e. The number of thioether (sulfide) groups is 1. The van der Waals surface area contributed by atoms with Crippen molar-refractivity contribution in [2.24, 2.45) is 0 Å². The normalized spacial score (nSPS) is 10.7. The SMILES string of the molecule is COc1cc(-c2nnc(SCc3n[nH]c(=S)o3)s2)cc(OC)c1OC. The Morgan fingerprint density at radius 1 is 1.16 bits per heavy atom. The molecule has 3 rings (SSSR count). The summed E-state index contributed by atoms with van der Waals surface area (Å²) in [5.41, 5.74) is 0.830. The van der Waals surface area contributed by atoms with Gasteiger partial charge in [0.2, 0.25) is 11.6 Å². The molecule has 0 fully saturated rings. The van der Waals surface area contributed by atoms with Gasteiger partial charge in [0.15, 0.2) is 15.8 Å². The van der Waals surface area contributed by atoms with Gasteiger partial charge >= 0.3 is 0 Å². The maximum atomic E-state index is 5.37. The Balaban J connectivity index is 1.82. The lowest BCUT2D eigenvalue weighted by molar-refractivity contribution is 0.324. The van der Waals surface area contributed by atoms with E-state index >= 15 is 0 Å². The third-order valence-corrected chi connectivity index (χ3v) is 5.38. The molecule has 0 amide bonds. The fraction of sp³-hybridized carbons (Fsp3) is 0.286. The lowest BCUT2D eigenvalue weighted by Crippen LogP contribution is -1.95. The number of aromatic amines is 1. The fourth-order valence-electron chi connectivity index (χ4n) is 2.04. The summed E-state index contributed by atoms with van der Waals surface area (Å²) in [6.07, 6.45) is 0. The molecule has 8 nitrogen and oxygen atoms in total. The quantitative estimate of drug-likeness (QED) is 0.473. The Labute approximate surface area is 156 Å². The van der Waals surface area contributed by atoms with Crippen molar-refractivity contribution < 1.29 is 18.6 Å². The lowest BCUT2D eigenvalue weighted by atomic mass is 10.2. The summed E-state index contributed by atoms with van der Waals surface area (Å²) in [6, 6.07) is 3.67. The van der Waals surface area contributed by atoms with Crippen LogP contribution in [0.4, 0.5) is 0 Å². The Hall–Kier alpha value is -2.11. The van der Waals surface area contributed by atoms with Gasteiger partial charge in [-0.25, -0.2) is 5.10 Å². The third-order valence-electron chi connectivity index (χ3n) is 3.12. The summed E-state index contributed by atoms with van der Waals surface area (Å²) >= 11 is 7.76. The third kappa shape index (κ3) is 3.94. The van der Waals surface area contributed by atoms with Gasteiger partial charge in [-0.2, -0.15) is 0 Å². The molecule has 1 aromatic carbocycles. The van der Waals surface area contributed by atoms with Crippen LogP contribution < -0.4 is 14.2 Å². The van der Waals surface area contributed by atoms with Crippen LogP contribution >= 0.6 is 35.3 Å². The molecule has 0 saturated heterocycles. The van der Waals surface area contributed by atoms with Crippen molar-refractivity contribution >= 4 is 35.3 Å². The molecule has 0 aliphatic carbocycles. The van der Waals surface area contributed by atoms with Gasteiger partial charge in [-0.05, 0) is 24.4 Å². The highest BCUT2D eigenvalue weighted by Gasteiger charge is 2.17. The predicted octanol–water partition coefficient (Wildman–Crippen LogP) is 3.57. The molecule has 11 heteroatoms. The van der Waals surface area contributed by atoms with Crippen molar-refractivity contribution in [3.63, 3.8) is 0 Å². The number of H-pyrrole nitrogens is 1. The van der Waals surface area contributed by atoms with Crippen molar-refractivity contribution in [2.45, 2.75) is 10.1 Å². The molecule has 0 bridgehead atoms. The van der Waals surface area contributed by atoms with Crippen LogP contribution in [0.2, 0.25) is 0 Å². The second-order valence-corrected chi connectivity index (χ2v) is 7.15. The number of hydrogen-bond acceptors (Lipinski definition) is 10. The van der Waals surface area contributed by atoms with Crippen LogP contribution in [0.5, 0.6) is 17.2 Å². The van der Waals surface area contributed by atoms with E-state index in [2.05, 4.69) is 20.4 Å². The highest BCUT2D eigenvalue weighted by molar-refractivity contribution is 8.00. The van der Waals surface area contributed by atoms with Crippen LogP contribution in [0.15, 0.2) is 20.9 Å². The van der Waals surface area contributed by atoms with E-state index in [1.807, 2.05) is 12.1 Å². The molecule has 2 heterocycles. The van der Waals surface area contributed by atoms with Gasteiger partial charge in [0, 0.05) is 5.56 Å². The van der Waals surface area contributed by atoms with Crippen molar-refractivity contribution in [1.82, 2.24) is 20.4 Å². The topological polar surface area (TPSA) is 95.3 Å². The number of nitrogens with one attached hydrogen (secondary N) is 1. The van der Waals surface area contributed by atoms with Crippen molar-refractivity contribution in [3.8, 4) is 27.8 Å². The molecular weight excluding hydrogens is 384 g/mol. The number of methoxy groups -OCH3 is 3. The highest BCUT2D eigenvalue weighted by Crippen LogP contribution is 2.42. The minimum absolute atomic E-state index is 0.256. The van der Waals surface area contributed by atoms with Crippen molar-refractivity contribution in [1.29, 1.82) is 0 Å². The summed E-state index contributed by atoms with van der Waals surface area (Å²) in [5, 5.41) is 15.7. The molecule has 1 N–H and O–H groups in total. The van der Waals surface area contributed by atoms with E-state index in [0.717, 1.165) is 14.9 Å². The largest absolute Gasteiger partial charge is 0.493 e. The first kappa shape index (κ1) is 17.7. The maximum Gasteiger partial charge on any atom is 0.284 e. The van der Waals surface area contributed by atoms with E-state index < -0.39 is 0 Å². The highest BCUT2D eigenvalue weighted by atomic mass is 32.2. The molecule has 0 unspecified atom stereocenters.